The first-order chi connectivity index (χ1) is 9.34. The van der Waals surface area contributed by atoms with Gasteiger partial charge in [0.15, 0.2) is 0 Å². The van der Waals surface area contributed by atoms with Gasteiger partial charge in [-0.1, -0.05) is 11.6 Å². The highest BCUT2D eigenvalue weighted by molar-refractivity contribution is 7.89. The molecule has 1 heterocycles. The fourth-order valence-electron chi connectivity index (χ4n) is 2.24. The molecule has 0 bridgehead atoms. The van der Waals surface area contributed by atoms with E-state index in [0.29, 0.717) is 0 Å². The normalized spacial score (nSPS) is 24.3. The van der Waals surface area contributed by atoms with Gasteiger partial charge in [0.1, 0.15) is 4.90 Å². The van der Waals surface area contributed by atoms with E-state index < -0.39 is 10.0 Å². The van der Waals surface area contributed by atoms with Crippen LogP contribution in [0.2, 0.25) is 5.02 Å². The Balaban J connectivity index is 2.42. The molecule has 0 spiro atoms. The van der Waals surface area contributed by atoms with Crippen LogP contribution < -0.4 is 0 Å². The quantitative estimate of drug-likeness (QED) is 0.837. The van der Waals surface area contributed by atoms with E-state index in [0.717, 1.165) is 0 Å². The molecule has 0 radical (unpaired) electrons. The zero-order valence-electron chi connectivity index (χ0n) is 11.2. The minimum atomic E-state index is -3.72. The van der Waals surface area contributed by atoms with E-state index in [1.165, 1.54) is 22.5 Å². The lowest BCUT2D eigenvalue weighted by Gasteiger charge is -2.34. The van der Waals surface area contributed by atoms with Gasteiger partial charge >= 0.3 is 0 Å². The van der Waals surface area contributed by atoms with Crippen LogP contribution in [0, 0.1) is 11.3 Å². The number of rotatable bonds is 2. The maximum absolute atomic E-state index is 12.6. The van der Waals surface area contributed by atoms with E-state index in [-0.39, 0.29) is 40.8 Å². The van der Waals surface area contributed by atoms with Gasteiger partial charge in [0.2, 0.25) is 10.0 Å². The summed E-state index contributed by atoms with van der Waals surface area (Å²) in [4.78, 5) is -0.0282. The van der Waals surface area contributed by atoms with Crippen molar-refractivity contribution in [3.63, 3.8) is 0 Å². The molecule has 0 aromatic heterocycles. The van der Waals surface area contributed by atoms with Crippen molar-refractivity contribution < 1.29 is 13.2 Å². The van der Waals surface area contributed by atoms with Crippen molar-refractivity contribution in [2.24, 2.45) is 0 Å². The van der Waals surface area contributed by atoms with Gasteiger partial charge < -0.3 is 4.74 Å². The Kier molecular flexibility index (Phi) is 4.35. The van der Waals surface area contributed by atoms with Crippen LogP contribution in [-0.2, 0) is 14.8 Å². The smallest absolute Gasteiger partial charge is 0.244 e. The number of morpholine rings is 1. The molecule has 20 heavy (non-hydrogen) atoms. The van der Waals surface area contributed by atoms with Crippen LogP contribution in [0.25, 0.3) is 0 Å². The van der Waals surface area contributed by atoms with Crippen molar-refractivity contribution in [3.8, 4) is 6.07 Å². The van der Waals surface area contributed by atoms with E-state index in [2.05, 4.69) is 0 Å². The Labute approximate surface area is 123 Å². The van der Waals surface area contributed by atoms with Gasteiger partial charge in [-0.25, -0.2) is 8.42 Å². The van der Waals surface area contributed by atoms with Crippen molar-refractivity contribution in [3.05, 3.63) is 28.8 Å². The first kappa shape index (κ1) is 15.3. The number of hydrogen-bond donors (Lipinski definition) is 0. The molecule has 0 amide bonds. The molecule has 1 aromatic carbocycles. The third-order valence-corrected chi connectivity index (χ3v) is 5.38. The molecule has 1 aliphatic heterocycles. The predicted octanol–water partition coefficient (Wildman–Crippen LogP) is 2.01. The third-order valence-electron chi connectivity index (χ3n) is 3.06. The first-order valence-corrected chi connectivity index (χ1v) is 8.01. The molecule has 1 aliphatic rings. The molecule has 1 saturated heterocycles. The highest BCUT2D eigenvalue weighted by Crippen LogP contribution is 2.27. The fraction of sp³-hybridized carbons (Fsp3) is 0.462. The van der Waals surface area contributed by atoms with Crippen molar-refractivity contribution >= 4 is 21.6 Å². The van der Waals surface area contributed by atoms with E-state index in [1.54, 1.807) is 0 Å². The summed E-state index contributed by atoms with van der Waals surface area (Å²) in [6.45, 7) is 4.20. The van der Waals surface area contributed by atoms with E-state index in [9.17, 15) is 8.42 Å². The Bertz CT molecular complexity index is 644. The highest BCUT2D eigenvalue weighted by atomic mass is 35.5. The van der Waals surface area contributed by atoms with Gasteiger partial charge in [-0.05, 0) is 32.0 Å². The molecule has 5 nitrogen and oxygen atoms in total. The minimum Gasteiger partial charge on any atom is -0.373 e. The van der Waals surface area contributed by atoms with Crippen LogP contribution >= 0.6 is 11.6 Å². The van der Waals surface area contributed by atoms with Crippen LogP contribution in [0.5, 0.6) is 0 Å². The number of hydrogen-bond acceptors (Lipinski definition) is 4. The molecule has 7 heteroatoms. The monoisotopic (exact) mass is 314 g/mol. The standard InChI is InChI=1S/C13H15ClN2O3S/c1-9-7-16(8-10(2)19-9)20(17,18)13-5-11(6-15)3-4-12(13)14/h3-5,9-10H,7-8H2,1-2H3/t9-,10+. The van der Waals surface area contributed by atoms with Crippen molar-refractivity contribution in [2.45, 2.75) is 31.0 Å². The molecule has 1 fully saturated rings. The predicted molar refractivity (Wildman–Crippen MR) is 74.9 cm³/mol. The van der Waals surface area contributed by atoms with Gasteiger partial charge in [-0.15, -0.1) is 0 Å². The summed E-state index contributed by atoms with van der Waals surface area (Å²) in [5.74, 6) is 0. The van der Waals surface area contributed by atoms with Crippen molar-refractivity contribution in [1.82, 2.24) is 4.31 Å². The number of halogens is 1. The summed E-state index contributed by atoms with van der Waals surface area (Å²) in [6.07, 6.45) is -0.349. The summed E-state index contributed by atoms with van der Waals surface area (Å²) in [7, 11) is -3.72. The molecular weight excluding hydrogens is 300 g/mol. The Hall–Kier alpha value is -1.13. The van der Waals surface area contributed by atoms with Gasteiger partial charge in [-0.3, -0.25) is 0 Å². The van der Waals surface area contributed by atoms with E-state index >= 15 is 0 Å². The van der Waals surface area contributed by atoms with Crippen molar-refractivity contribution in [1.29, 1.82) is 5.26 Å². The summed E-state index contributed by atoms with van der Waals surface area (Å²) in [5.41, 5.74) is 0.266. The Morgan fingerprint density at radius 1 is 1.35 bits per heavy atom. The van der Waals surface area contributed by atoms with Crippen LogP contribution in [0.4, 0.5) is 0 Å². The van der Waals surface area contributed by atoms with Crippen LogP contribution in [0.15, 0.2) is 23.1 Å². The average molecular weight is 315 g/mol. The second-order valence-corrected chi connectivity index (χ2v) is 7.15. The number of benzene rings is 1. The second kappa shape index (κ2) is 5.70. The molecule has 1 aromatic rings. The van der Waals surface area contributed by atoms with Crippen LogP contribution in [0.1, 0.15) is 19.4 Å². The maximum atomic E-state index is 12.6. The zero-order valence-corrected chi connectivity index (χ0v) is 12.8. The van der Waals surface area contributed by atoms with Crippen molar-refractivity contribution in [2.75, 3.05) is 13.1 Å². The lowest BCUT2D eigenvalue weighted by atomic mass is 10.2. The van der Waals surface area contributed by atoms with Gasteiger partial charge in [0.05, 0.1) is 28.9 Å². The van der Waals surface area contributed by atoms with Gasteiger partial charge in [-0.2, -0.15) is 9.57 Å². The Morgan fingerprint density at radius 3 is 2.50 bits per heavy atom. The maximum Gasteiger partial charge on any atom is 0.244 e. The van der Waals surface area contributed by atoms with Gasteiger partial charge in [0, 0.05) is 13.1 Å². The molecule has 2 rings (SSSR count). The first-order valence-electron chi connectivity index (χ1n) is 6.20. The summed E-state index contributed by atoms with van der Waals surface area (Å²) in [5, 5.41) is 9.01. The lowest BCUT2D eigenvalue weighted by molar-refractivity contribution is -0.0440. The lowest BCUT2D eigenvalue weighted by Crippen LogP contribution is -2.48. The topological polar surface area (TPSA) is 70.4 Å². The molecule has 108 valence electrons. The average Bonchev–Trinajstić information content (AvgIpc) is 2.38. The highest BCUT2D eigenvalue weighted by Gasteiger charge is 2.33. The van der Waals surface area contributed by atoms with Crippen LogP contribution in [0.3, 0.4) is 0 Å². The summed E-state index contributed by atoms with van der Waals surface area (Å²) < 4.78 is 32.2. The molecule has 0 saturated carbocycles. The SMILES string of the molecule is C[C@@H]1CN(S(=O)(=O)c2cc(C#N)ccc2Cl)C[C@H](C)O1. The molecular formula is C13H15ClN2O3S. The number of nitriles is 1. The largest absolute Gasteiger partial charge is 0.373 e. The number of nitrogens with zero attached hydrogens (tertiary/aromatic N) is 2. The van der Waals surface area contributed by atoms with E-state index in [4.69, 9.17) is 21.6 Å². The van der Waals surface area contributed by atoms with E-state index in [1.807, 2.05) is 19.9 Å². The third kappa shape index (κ3) is 2.96. The number of ether oxygens (including phenoxy) is 1. The van der Waals surface area contributed by atoms with Gasteiger partial charge in [0.25, 0.3) is 0 Å². The zero-order chi connectivity index (χ0) is 14.9. The van der Waals surface area contributed by atoms with Crippen LogP contribution in [-0.4, -0.2) is 38.0 Å². The molecule has 0 N–H and O–H groups in total. The Morgan fingerprint density at radius 2 is 1.95 bits per heavy atom. The fourth-order valence-corrected chi connectivity index (χ4v) is 4.33. The summed E-state index contributed by atoms with van der Waals surface area (Å²) >= 11 is 5.98. The molecule has 0 unspecified atom stereocenters. The molecule has 0 aliphatic carbocycles. The molecule has 2 atom stereocenters. The summed E-state index contributed by atoms with van der Waals surface area (Å²) in [6, 6.07) is 6.15. The number of sulfonamides is 1. The minimum absolute atomic E-state index is 0.0282. The second-order valence-electron chi connectivity index (χ2n) is 4.84.